The molecular formula is C11H16N6O. The minimum Gasteiger partial charge on any atom is -0.343 e. The Morgan fingerprint density at radius 2 is 2.28 bits per heavy atom. The number of aromatic nitrogens is 5. The normalized spacial score (nSPS) is 10.8. The Hall–Kier alpha value is -2.18. The van der Waals surface area contributed by atoms with E-state index < -0.39 is 0 Å². The smallest absolute Gasteiger partial charge is 0.272 e. The van der Waals surface area contributed by atoms with Gasteiger partial charge in [-0.15, -0.1) is 0 Å². The molecule has 0 aliphatic carbocycles. The summed E-state index contributed by atoms with van der Waals surface area (Å²) in [5.41, 5.74) is 1.36. The fourth-order valence-electron chi connectivity index (χ4n) is 1.59. The zero-order valence-electron chi connectivity index (χ0n) is 10.4. The van der Waals surface area contributed by atoms with Gasteiger partial charge in [0.05, 0.1) is 6.54 Å². The fraction of sp³-hybridized carbons (Fsp3) is 0.455. The molecular weight excluding hydrogens is 232 g/mol. The average Bonchev–Trinajstić information content (AvgIpc) is 2.95. The van der Waals surface area contributed by atoms with E-state index in [1.807, 2.05) is 0 Å². The molecule has 0 aromatic carbocycles. The number of H-pyrrole nitrogens is 2. The van der Waals surface area contributed by atoms with Crippen LogP contribution in [0.1, 0.15) is 35.9 Å². The number of carbonyl (C=O) groups excluding carboxylic acids is 1. The molecule has 0 bridgehead atoms. The minimum absolute atomic E-state index is 0.224. The monoisotopic (exact) mass is 248 g/mol. The van der Waals surface area contributed by atoms with Gasteiger partial charge >= 0.3 is 0 Å². The molecule has 0 radical (unpaired) electrons. The zero-order valence-corrected chi connectivity index (χ0v) is 10.4. The molecule has 18 heavy (non-hydrogen) atoms. The molecule has 0 atom stereocenters. The molecule has 7 nitrogen and oxygen atoms in total. The Bertz CT molecular complexity index is 501. The van der Waals surface area contributed by atoms with Crippen molar-refractivity contribution in [1.29, 1.82) is 0 Å². The lowest BCUT2D eigenvalue weighted by Gasteiger charge is -1.99. The molecule has 0 unspecified atom stereocenters. The van der Waals surface area contributed by atoms with Crippen LogP contribution in [0.25, 0.3) is 0 Å². The maximum atomic E-state index is 11.8. The molecule has 1 amide bonds. The standard InChI is InChI=1S/C11H16N6O/c1-7(2)3-8-4-9(16-15-8)11(18)12-5-10-13-6-14-17-10/h4,6-7H,3,5H2,1-2H3,(H,12,18)(H,15,16)(H,13,14,17). The summed E-state index contributed by atoms with van der Waals surface area (Å²) in [5, 5.41) is 15.9. The van der Waals surface area contributed by atoms with E-state index in [0.717, 1.165) is 12.1 Å². The molecule has 96 valence electrons. The second-order valence-corrected chi connectivity index (χ2v) is 4.49. The number of rotatable bonds is 5. The van der Waals surface area contributed by atoms with Gasteiger partial charge in [0.2, 0.25) is 0 Å². The van der Waals surface area contributed by atoms with Crippen LogP contribution >= 0.6 is 0 Å². The number of hydrogen-bond donors (Lipinski definition) is 3. The highest BCUT2D eigenvalue weighted by Gasteiger charge is 2.11. The van der Waals surface area contributed by atoms with E-state index in [0.29, 0.717) is 24.0 Å². The van der Waals surface area contributed by atoms with Crippen LogP contribution in [0, 0.1) is 5.92 Å². The molecule has 0 aliphatic heterocycles. The summed E-state index contributed by atoms with van der Waals surface area (Å²) >= 11 is 0. The number of aromatic amines is 2. The molecule has 0 saturated carbocycles. The summed E-state index contributed by atoms with van der Waals surface area (Å²) in [5.74, 6) is 0.912. The third-order valence-corrected chi connectivity index (χ3v) is 2.37. The van der Waals surface area contributed by atoms with Crippen LogP contribution in [0.5, 0.6) is 0 Å². The Morgan fingerprint density at radius 1 is 1.44 bits per heavy atom. The number of amides is 1. The van der Waals surface area contributed by atoms with Gasteiger partial charge in [-0.25, -0.2) is 4.98 Å². The lowest BCUT2D eigenvalue weighted by atomic mass is 10.1. The topological polar surface area (TPSA) is 99.3 Å². The molecule has 2 rings (SSSR count). The van der Waals surface area contributed by atoms with Crippen LogP contribution in [-0.4, -0.2) is 31.3 Å². The maximum Gasteiger partial charge on any atom is 0.272 e. The third kappa shape index (κ3) is 3.16. The van der Waals surface area contributed by atoms with Gasteiger partial charge in [-0.3, -0.25) is 15.0 Å². The quantitative estimate of drug-likeness (QED) is 0.723. The lowest BCUT2D eigenvalue weighted by Crippen LogP contribution is -2.23. The summed E-state index contributed by atoms with van der Waals surface area (Å²) in [6.45, 7) is 4.54. The highest BCUT2D eigenvalue weighted by atomic mass is 16.1. The molecule has 2 heterocycles. The van der Waals surface area contributed by atoms with Gasteiger partial charge in [-0.1, -0.05) is 13.8 Å². The van der Waals surface area contributed by atoms with Crippen molar-refractivity contribution in [2.45, 2.75) is 26.8 Å². The van der Waals surface area contributed by atoms with Gasteiger partial charge in [0.25, 0.3) is 5.91 Å². The van der Waals surface area contributed by atoms with Crippen LogP contribution < -0.4 is 5.32 Å². The van der Waals surface area contributed by atoms with E-state index in [2.05, 4.69) is 44.5 Å². The molecule has 7 heteroatoms. The first-order valence-corrected chi connectivity index (χ1v) is 5.82. The SMILES string of the molecule is CC(C)Cc1cc(C(=O)NCc2ncn[nH]2)n[nH]1. The Kier molecular flexibility index (Phi) is 3.71. The van der Waals surface area contributed by atoms with Gasteiger partial charge < -0.3 is 5.32 Å². The highest BCUT2D eigenvalue weighted by Crippen LogP contribution is 2.06. The van der Waals surface area contributed by atoms with Crippen LogP contribution in [0.15, 0.2) is 12.4 Å². The van der Waals surface area contributed by atoms with E-state index in [-0.39, 0.29) is 5.91 Å². The van der Waals surface area contributed by atoms with Crippen LogP contribution in [0.4, 0.5) is 0 Å². The van der Waals surface area contributed by atoms with Crippen molar-refractivity contribution < 1.29 is 4.79 Å². The Balaban J connectivity index is 1.90. The van der Waals surface area contributed by atoms with E-state index in [1.165, 1.54) is 6.33 Å². The van der Waals surface area contributed by atoms with Crippen molar-refractivity contribution in [2.24, 2.45) is 5.92 Å². The third-order valence-electron chi connectivity index (χ3n) is 2.37. The first-order chi connectivity index (χ1) is 8.65. The predicted molar refractivity (Wildman–Crippen MR) is 64.7 cm³/mol. The van der Waals surface area contributed by atoms with Crippen LogP contribution in [0.3, 0.4) is 0 Å². The van der Waals surface area contributed by atoms with Gasteiger partial charge in [-0.05, 0) is 18.4 Å². The van der Waals surface area contributed by atoms with Crippen molar-refractivity contribution in [3.05, 3.63) is 29.6 Å². The van der Waals surface area contributed by atoms with E-state index in [1.54, 1.807) is 6.07 Å². The maximum absolute atomic E-state index is 11.8. The lowest BCUT2D eigenvalue weighted by molar-refractivity contribution is 0.0945. The zero-order chi connectivity index (χ0) is 13.0. The first-order valence-electron chi connectivity index (χ1n) is 5.82. The average molecular weight is 248 g/mol. The van der Waals surface area contributed by atoms with E-state index >= 15 is 0 Å². The minimum atomic E-state index is -0.224. The fourth-order valence-corrected chi connectivity index (χ4v) is 1.59. The molecule has 0 spiro atoms. The van der Waals surface area contributed by atoms with Gasteiger partial charge in [-0.2, -0.15) is 10.2 Å². The summed E-state index contributed by atoms with van der Waals surface area (Å²) in [7, 11) is 0. The molecule has 0 fully saturated rings. The highest BCUT2D eigenvalue weighted by molar-refractivity contribution is 5.92. The van der Waals surface area contributed by atoms with E-state index in [9.17, 15) is 4.79 Å². The first kappa shape index (κ1) is 12.3. The summed E-state index contributed by atoms with van der Waals surface area (Å²) in [4.78, 5) is 15.7. The van der Waals surface area contributed by atoms with Gasteiger partial charge in [0.1, 0.15) is 17.8 Å². The molecule has 2 aromatic rings. The number of carbonyl (C=O) groups is 1. The van der Waals surface area contributed by atoms with E-state index in [4.69, 9.17) is 0 Å². The summed E-state index contributed by atoms with van der Waals surface area (Å²) in [6.07, 6.45) is 2.28. The Morgan fingerprint density at radius 3 is 2.94 bits per heavy atom. The number of nitrogens with one attached hydrogen (secondary N) is 3. The largest absolute Gasteiger partial charge is 0.343 e. The predicted octanol–water partition coefficient (Wildman–Crippen LogP) is 0.656. The van der Waals surface area contributed by atoms with Crippen LogP contribution in [0.2, 0.25) is 0 Å². The summed E-state index contributed by atoms with van der Waals surface area (Å²) in [6, 6.07) is 1.77. The number of hydrogen-bond acceptors (Lipinski definition) is 4. The molecule has 0 aliphatic rings. The summed E-state index contributed by atoms with van der Waals surface area (Å²) < 4.78 is 0. The van der Waals surface area contributed by atoms with Gasteiger partial charge in [0, 0.05) is 5.69 Å². The van der Waals surface area contributed by atoms with Crippen LogP contribution in [-0.2, 0) is 13.0 Å². The van der Waals surface area contributed by atoms with Crippen molar-refractivity contribution >= 4 is 5.91 Å². The van der Waals surface area contributed by atoms with Crippen molar-refractivity contribution in [2.75, 3.05) is 0 Å². The molecule has 0 saturated heterocycles. The molecule has 3 N–H and O–H groups in total. The van der Waals surface area contributed by atoms with Gasteiger partial charge in [0.15, 0.2) is 0 Å². The Labute approximate surface area is 104 Å². The van der Waals surface area contributed by atoms with Crippen molar-refractivity contribution in [3.63, 3.8) is 0 Å². The molecule has 2 aromatic heterocycles. The van der Waals surface area contributed by atoms with Crippen molar-refractivity contribution in [1.82, 2.24) is 30.7 Å². The van der Waals surface area contributed by atoms with Crippen molar-refractivity contribution in [3.8, 4) is 0 Å². The second-order valence-electron chi connectivity index (χ2n) is 4.49. The second kappa shape index (κ2) is 5.44. The number of nitrogens with zero attached hydrogens (tertiary/aromatic N) is 3.